The first kappa shape index (κ1) is 23.0. The number of benzene rings is 1. The second kappa shape index (κ2) is 9.74. The van der Waals surface area contributed by atoms with Crippen LogP contribution < -0.4 is 4.72 Å². The van der Waals surface area contributed by atoms with Crippen molar-refractivity contribution in [3.05, 3.63) is 70.7 Å². The Balaban J connectivity index is 1.42. The van der Waals surface area contributed by atoms with E-state index in [0.29, 0.717) is 40.7 Å². The van der Waals surface area contributed by atoms with E-state index in [-0.39, 0.29) is 11.9 Å². The molecule has 1 aliphatic heterocycles. The van der Waals surface area contributed by atoms with Crippen LogP contribution in [0.25, 0.3) is 0 Å². The lowest BCUT2D eigenvalue weighted by molar-refractivity contribution is 0.0707. The van der Waals surface area contributed by atoms with Crippen molar-refractivity contribution in [1.29, 1.82) is 0 Å². The number of hydrogen-bond donors (Lipinski definition) is 1. The lowest BCUT2D eigenvalue weighted by Gasteiger charge is -2.32. The summed E-state index contributed by atoms with van der Waals surface area (Å²) in [6, 6.07) is 13.0. The summed E-state index contributed by atoms with van der Waals surface area (Å²) in [6.07, 6.45) is 2.86. The standard InChI is InChI=1S/C23H25N3O3S3/c1-16-7-8-20(17(2)15-16)31-22-19(5-3-11-24-22)23(27)26-12-9-18(10-13-26)25-32(28,29)21-6-4-14-30-21/h3-8,11,14-15,18,25H,9-10,12-13H2,1-2H3. The van der Waals surface area contributed by atoms with Crippen molar-refractivity contribution >= 4 is 39.0 Å². The molecule has 32 heavy (non-hydrogen) atoms. The van der Waals surface area contributed by atoms with Gasteiger partial charge in [-0.15, -0.1) is 11.3 Å². The number of amides is 1. The van der Waals surface area contributed by atoms with Gasteiger partial charge in [-0.05, 0) is 61.9 Å². The fraction of sp³-hybridized carbons (Fsp3) is 0.304. The summed E-state index contributed by atoms with van der Waals surface area (Å²) in [4.78, 5) is 20.6. The van der Waals surface area contributed by atoms with Crippen LogP contribution in [0, 0.1) is 13.8 Å². The monoisotopic (exact) mass is 487 g/mol. The predicted molar refractivity (Wildman–Crippen MR) is 128 cm³/mol. The molecule has 1 aromatic carbocycles. The molecule has 9 heteroatoms. The van der Waals surface area contributed by atoms with E-state index in [1.165, 1.54) is 28.7 Å². The molecule has 0 bridgehead atoms. The number of aromatic nitrogens is 1. The summed E-state index contributed by atoms with van der Waals surface area (Å²) < 4.78 is 28.0. The topological polar surface area (TPSA) is 79.4 Å². The van der Waals surface area contributed by atoms with Gasteiger partial charge in [0.25, 0.3) is 5.91 Å². The number of sulfonamides is 1. The molecule has 2 aromatic heterocycles. The normalized spacial score (nSPS) is 15.1. The second-order valence-corrected chi connectivity index (χ2v) is 11.8. The highest BCUT2D eigenvalue weighted by Gasteiger charge is 2.28. The summed E-state index contributed by atoms with van der Waals surface area (Å²) in [5.74, 6) is -0.0649. The summed E-state index contributed by atoms with van der Waals surface area (Å²) in [7, 11) is -3.50. The molecule has 0 saturated carbocycles. The highest BCUT2D eigenvalue weighted by molar-refractivity contribution is 7.99. The maximum atomic E-state index is 13.3. The van der Waals surface area contributed by atoms with E-state index < -0.39 is 10.0 Å². The first-order chi connectivity index (χ1) is 15.3. The number of pyridine rings is 1. The van der Waals surface area contributed by atoms with Crippen molar-refractivity contribution in [3.63, 3.8) is 0 Å². The van der Waals surface area contributed by atoms with Gasteiger partial charge in [-0.25, -0.2) is 18.1 Å². The van der Waals surface area contributed by atoms with E-state index in [1.54, 1.807) is 34.7 Å². The summed E-state index contributed by atoms with van der Waals surface area (Å²) >= 11 is 2.70. The Morgan fingerprint density at radius 3 is 2.62 bits per heavy atom. The van der Waals surface area contributed by atoms with Crippen molar-refractivity contribution in [1.82, 2.24) is 14.6 Å². The molecule has 1 fully saturated rings. The molecule has 0 unspecified atom stereocenters. The summed E-state index contributed by atoms with van der Waals surface area (Å²) in [5.41, 5.74) is 2.93. The van der Waals surface area contributed by atoms with Crippen LogP contribution in [0.1, 0.15) is 34.3 Å². The molecule has 0 radical (unpaired) electrons. The second-order valence-electron chi connectivity index (χ2n) is 7.85. The minimum Gasteiger partial charge on any atom is -0.338 e. The van der Waals surface area contributed by atoms with Gasteiger partial charge in [0, 0.05) is 30.2 Å². The van der Waals surface area contributed by atoms with Gasteiger partial charge in [-0.3, -0.25) is 4.79 Å². The lowest BCUT2D eigenvalue weighted by Crippen LogP contribution is -2.46. The van der Waals surface area contributed by atoms with Crippen molar-refractivity contribution in [3.8, 4) is 0 Å². The van der Waals surface area contributed by atoms with Gasteiger partial charge in [-0.1, -0.05) is 35.5 Å². The van der Waals surface area contributed by atoms with Crippen molar-refractivity contribution < 1.29 is 13.2 Å². The maximum Gasteiger partial charge on any atom is 0.256 e. The highest BCUT2D eigenvalue weighted by atomic mass is 32.2. The number of piperidine rings is 1. The van der Waals surface area contributed by atoms with E-state index in [4.69, 9.17) is 0 Å². The van der Waals surface area contributed by atoms with Crippen LogP contribution in [-0.2, 0) is 10.0 Å². The Morgan fingerprint density at radius 2 is 1.94 bits per heavy atom. The van der Waals surface area contributed by atoms with Gasteiger partial charge in [0.15, 0.2) is 0 Å². The van der Waals surface area contributed by atoms with Crippen LogP contribution in [0.5, 0.6) is 0 Å². The zero-order valence-corrected chi connectivity index (χ0v) is 20.4. The molecule has 0 atom stereocenters. The largest absolute Gasteiger partial charge is 0.338 e. The van der Waals surface area contributed by atoms with Crippen molar-refractivity contribution in [2.24, 2.45) is 0 Å². The highest BCUT2D eigenvalue weighted by Crippen LogP contribution is 2.32. The molecular formula is C23H25N3O3S3. The number of nitrogens with one attached hydrogen (secondary N) is 1. The average molecular weight is 488 g/mol. The fourth-order valence-corrected chi connectivity index (χ4v) is 6.98. The quantitative estimate of drug-likeness (QED) is 0.554. The predicted octanol–water partition coefficient (Wildman–Crippen LogP) is 4.49. The molecule has 3 heterocycles. The van der Waals surface area contributed by atoms with Crippen LogP contribution in [0.2, 0.25) is 0 Å². The minimum absolute atomic E-state index is 0.0649. The number of rotatable bonds is 6. The van der Waals surface area contributed by atoms with Gasteiger partial charge in [0.2, 0.25) is 10.0 Å². The first-order valence-corrected chi connectivity index (χ1v) is 13.6. The van der Waals surface area contributed by atoms with Crippen LogP contribution in [0.4, 0.5) is 0 Å². The van der Waals surface area contributed by atoms with Crippen LogP contribution >= 0.6 is 23.1 Å². The first-order valence-electron chi connectivity index (χ1n) is 10.4. The molecule has 1 aliphatic rings. The van der Waals surface area contributed by atoms with Crippen LogP contribution in [-0.4, -0.2) is 43.3 Å². The van der Waals surface area contributed by atoms with Crippen LogP contribution in [0.15, 0.2) is 68.2 Å². The molecule has 4 rings (SSSR count). The summed E-state index contributed by atoms with van der Waals surface area (Å²) in [6.45, 7) is 5.11. The van der Waals surface area contributed by atoms with Gasteiger partial charge in [-0.2, -0.15) is 0 Å². The van der Waals surface area contributed by atoms with Gasteiger partial charge in [0.05, 0.1) is 5.56 Å². The number of carbonyl (C=O) groups is 1. The Bertz CT molecular complexity index is 1200. The third-order valence-corrected chi connectivity index (χ3v) is 9.52. The van der Waals surface area contributed by atoms with E-state index in [9.17, 15) is 13.2 Å². The molecular weight excluding hydrogens is 462 g/mol. The number of aryl methyl sites for hydroxylation is 2. The lowest BCUT2D eigenvalue weighted by atomic mass is 10.1. The fourth-order valence-electron chi connectivity index (χ4n) is 3.72. The van der Waals surface area contributed by atoms with Crippen molar-refractivity contribution in [2.45, 2.75) is 46.9 Å². The van der Waals surface area contributed by atoms with Crippen molar-refractivity contribution in [2.75, 3.05) is 13.1 Å². The van der Waals surface area contributed by atoms with Crippen LogP contribution in [0.3, 0.4) is 0 Å². The zero-order valence-electron chi connectivity index (χ0n) is 17.9. The maximum absolute atomic E-state index is 13.3. The molecule has 168 valence electrons. The number of carbonyl (C=O) groups excluding carboxylic acids is 1. The summed E-state index contributed by atoms with van der Waals surface area (Å²) in [5, 5.41) is 2.43. The number of hydrogen-bond acceptors (Lipinski definition) is 6. The van der Waals surface area contributed by atoms with Gasteiger partial charge >= 0.3 is 0 Å². The van der Waals surface area contributed by atoms with E-state index in [0.717, 1.165) is 10.5 Å². The molecule has 6 nitrogen and oxygen atoms in total. The number of nitrogens with zero attached hydrogens (tertiary/aromatic N) is 2. The Hall–Kier alpha value is -2.20. The molecule has 0 spiro atoms. The molecule has 1 amide bonds. The molecule has 1 saturated heterocycles. The molecule has 3 aromatic rings. The smallest absolute Gasteiger partial charge is 0.256 e. The van der Waals surface area contributed by atoms with E-state index >= 15 is 0 Å². The van der Waals surface area contributed by atoms with E-state index in [2.05, 4.69) is 41.8 Å². The Morgan fingerprint density at radius 1 is 1.16 bits per heavy atom. The third kappa shape index (κ3) is 5.23. The third-order valence-electron chi connectivity index (χ3n) is 5.40. The number of thiophene rings is 1. The SMILES string of the molecule is Cc1ccc(Sc2ncccc2C(=O)N2CCC(NS(=O)(=O)c3cccs3)CC2)c(C)c1. The average Bonchev–Trinajstić information content (AvgIpc) is 3.32. The molecule has 1 N–H and O–H groups in total. The molecule has 0 aliphatic carbocycles. The van der Waals surface area contributed by atoms with Gasteiger partial charge < -0.3 is 4.90 Å². The Kier molecular flexibility index (Phi) is 6.99. The van der Waals surface area contributed by atoms with Gasteiger partial charge in [0.1, 0.15) is 9.24 Å². The minimum atomic E-state index is -3.50. The number of likely N-dealkylation sites (tertiary alicyclic amines) is 1. The Labute approximate surface area is 197 Å². The van der Waals surface area contributed by atoms with E-state index in [1.807, 2.05) is 6.07 Å². The zero-order chi connectivity index (χ0) is 22.7.